The van der Waals surface area contributed by atoms with Crippen LogP contribution in [-0.4, -0.2) is 6.04 Å². The Morgan fingerprint density at radius 1 is 1.10 bits per heavy atom. The molecule has 112 valence electrons. The van der Waals surface area contributed by atoms with Crippen molar-refractivity contribution in [3.63, 3.8) is 0 Å². The molecule has 0 bridgehead atoms. The molecule has 0 amide bonds. The number of nitrogens with two attached hydrogens (primary N) is 1. The Bertz CT molecular complexity index is 625. The Labute approximate surface area is 131 Å². The normalized spacial score (nSPS) is 12.2. The van der Waals surface area contributed by atoms with Gasteiger partial charge >= 0.3 is 0 Å². The first-order valence-electron chi connectivity index (χ1n) is 7.28. The molecular formula is C18H22ClNO. The fraction of sp³-hybridized carbons (Fsp3) is 0.333. The van der Waals surface area contributed by atoms with Gasteiger partial charge in [-0.1, -0.05) is 36.7 Å². The van der Waals surface area contributed by atoms with Crippen LogP contribution in [0, 0.1) is 13.8 Å². The van der Waals surface area contributed by atoms with Gasteiger partial charge in [0.15, 0.2) is 0 Å². The lowest BCUT2D eigenvalue weighted by Crippen LogP contribution is -2.21. The fourth-order valence-electron chi connectivity index (χ4n) is 2.14. The second kappa shape index (κ2) is 6.97. The molecule has 2 N–H and O–H groups in total. The van der Waals surface area contributed by atoms with Crippen LogP contribution in [0.1, 0.15) is 30.0 Å². The Morgan fingerprint density at radius 3 is 2.52 bits per heavy atom. The monoisotopic (exact) mass is 303 g/mol. The van der Waals surface area contributed by atoms with Crippen molar-refractivity contribution < 1.29 is 4.74 Å². The molecule has 0 aromatic heterocycles. The maximum absolute atomic E-state index is 6.23. The van der Waals surface area contributed by atoms with Crippen molar-refractivity contribution in [3.05, 3.63) is 58.1 Å². The second-order valence-corrected chi connectivity index (χ2v) is 5.92. The zero-order valence-corrected chi connectivity index (χ0v) is 13.6. The van der Waals surface area contributed by atoms with Gasteiger partial charge in [0.2, 0.25) is 0 Å². The number of hydrogen-bond acceptors (Lipinski definition) is 2. The molecule has 0 radical (unpaired) electrons. The Hall–Kier alpha value is -1.51. The van der Waals surface area contributed by atoms with Gasteiger partial charge in [0.1, 0.15) is 11.5 Å². The molecule has 2 rings (SSSR count). The van der Waals surface area contributed by atoms with Gasteiger partial charge in [0.05, 0.1) is 5.02 Å². The molecule has 2 aromatic rings. The summed E-state index contributed by atoms with van der Waals surface area (Å²) < 4.78 is 5.98. The Balaban J connectivity index is 2.24. The van der Waals surface area contributed by atoms with Gasteiger partial charge < -0.3 is 10.5 Å². The molecule has 21 heavy (non-hydrogen) atoms. The lowest BCUT2D eigenvalue weighted by molar-refractivity contribution is 0.478. The number of rotatable bonds is 5. The SMILES string of the molecule is CCC(N)Cc1ccc(C)c(Oc2ccc(C)cc2Cl)c1. The van der Waals surface area contributed by atoms with Crippen molar-refractivity contribution in [2.75, 3.05) is 0 Å². The third-order valence-corrected chi connectivity index (χ3v) is 3.88. The van der Waals surface area contributed by atoms with Crippen LogP contribution in [0.25, 0.3) is 0 Å². The summed E-state index contributed by atoms with van der Waals surface area (Å²) >= 11 is 6.23. The van der Waals surface area contributed by atoms with Gasteiger partial charge in [-0.3, -0.25) is 0 Å². The van der Waals surface area contributed by atoms with E-state index in [1.807, 2.05) is 32.0 Å². The first-order chi connectivity index (χ1) is 9.99. The van der Waals surface area contributed by atoms with Crippen LogP contribution in [0.3, 0.4) is 0 Å². The molecular weight excluding hydrogens is 282 g/mol. The van der Waals surface area contributed by atoms with Crippen LogP contribution in [0.2, 0.25) is 5.02 Å². The van der Waals surface area contributed by atoms with Gasteiger partial charge in [0.25, 0.3) is 0 Å². The minimum Gasteiger partial charge on any atom is -0.456 e. The van der Waals surface area contributed by atoms with Gasteiger partial charge in [-0.05, 0) is 61.6 Å². The average Bonchev–Trinajstić information content (AvgIpc) is 2.45. The molecule has 0 spiro atoms. The molecule has 0 aliphatic carbocycles. The highest BCUT2D eigenvalue weighted by atomic mass is 35.5. The summed E-state index contributed by atoms with van der Waals surface area (Å²) in [5, 5.41) is 0.630. The maximum atomic E-state index is 6.23. The van der Waals surface area contributed by atoms with Gasteiger partial charge in [-0.25, -0.2) is 0 Å². The second-order valence-electron chi connectivity index (χ2n) is 5.51. The summed E-state index contributed by atoms with van der Waals surface area (Å²) in [7, 11) is 0. The van der Waals surface area contributed by atoms with E-state index >= 15 is 0 Å². The van der Waals surface area contributed by atoms with Crippen LogP contribution in [-0.2, 0) is 6.42 Å². The smallest absolute Gasteiger partial charge is 0.146 e. The van der Waals surface area contributed by atoms with Gasteiger partial charge in [0, 0.05) is 6.04 Å². The summed E-state index contributed by atoms with van der Waals surface area (Å²) in [6, 6.07) is 12.2. The predicted octanol–water partition coefficient (Wildman–Crippen LogP) is 5.03. The van der Waals surface area contributed by atoms with E-state index in [4.69, 9.17) is 22.1 Å². The van der Waals surface area contributed by atoms with E-state index in [-0.39, 0.29) is 6.04 Å². The molecule has 1 unspecified atom stereocenters. The standard InChI is InChI=1S/C18H22ClNO/c1-4-15(20)10-14-7-6-13(3)18(11-14)21-17-8-5-12(2)9-16(17)19/h5-9,11,15H,4,10,20H2,1-3H3. The van der Waals surface area contributed by atoms with Gasteiger partial charge in [-0.15, -0.1) is 0 Å². The summed E-state index contributed by atoms with van der Waals surface area (Å²) in [6.07, 6.45) is 1.82. The number of ether oxygens (including phenoxy) is 1. The average molecular weight is 304 g/mol. The highest BCUT2D eigenvalue weighted by Gasteiger charge is 2.08. The minimum absolute atomic E-state index is 0.184. The van der Waals surface area contributed by atoms with Crippen LogP contribution < -0.4 is 10.5 Å². The van der Waals surface area contributed by atoms with Crippen LogP contribution in [0.15, 0.2) is 36.4 Å². The predicted molar refractivity (Wildman–Crippen MR) is 89.4 cm³/mol. The Kier molecular flexibility index (Phi) is 5.27. The molecule has 3 heteroatoms. The van der Waals surface area contributed by atoms with Crippen molar-refractivity contribution in [2.45, 2.75) is 39.7 Å². The quantitative estimate of drug-likeness (QED) is 0.841. The summed E-state index contributed by atoms with van der Waals surface area (Å²) in [5.74, 6) is 1.52. The molecule has 0 saturated carbocycles. The van der Waals surface area contributed by atoms with E-state index in [1.54, 1.807) is 0 Å². The molecule has 0 saturated heterocycles. The molecule has 0 heterocycles. The van der Waals surface area contributed by atoms with Crippen molar-refractivity contribution in [2.24, 2.45) is 5.73 Å². The lowest BCUT2D eigenvalue weighted by atomic mass is 10.0. The Morgan fingerprint density at radius 2 is 1.86 bits per heavy atom. The van der Waals surface area contributed by atoms with Crippen LogP contribution in [0.4, 0.5) is 0 Å². The van der Waals surface area contributed by atoms with E-state index in [2.05, 4.69) is 25.1 Å². The van der Waals surface area contributed by atoms with Crippen LogP contribution in [0.5, 0.6) is 11.5 Å². The largest absolute Gasteiger partial charge is 0.456 e. The van der Waals surface area contributed by atoms with Crippen LogP contribution >= 0.6 is 11.6 Å². The molecule has 0 fully saturated rings. The highest BCUT2D eigenvalue weighted by molar-refractivity contribution is 6.32. The van der Waals surface area contributed by atoms with Crippen molar-refractivity contribution in [3.8, 4) is 11.5 Å². The summed E-state index contributed by atoms with van der Waals surface area (Å²) in [6.45, 7) is 6.14. The van der Waals surface area contributed by atoms with E-state index < -0.39 is 0 Å². The highest BCUT2D eigenvalue weighted by Crippen LogP contribution is 2.32. The number of hydrogen-bond donors (Lipinski definition) is 1. The molecule has 2 aromatic carbocycles. The van der Waals surface area contributed by atoms with E-state index in [1.165, 1.54) is 5.56 Å². The first kappa shape index (κ1) is 15.9. The molecule has 2 nitrogen and oxygen atoms in total. The minimum atomic E-state index is 0.184. The summed E-state index contributed by atoms with van der Waals surface area (Å²) in [4.78, 5) is 0. The zero-order valence-electron chi connectivity index (χ0n) is 12.8. The van der Waals surface area contributed by atoms with E-state index in [0.717, 1.165) is 29.7 Å². The van der Waals surface area contributed by atoms with Gasteiger partial charge in [-0.2, -0.15) is 0 Å². The molecule has 0 aliphatic rings. The summed E-state index contributed by atoms with van der Waals surface area (Å²) in [5.41, 5.74) is 9.41. The number of halogens is 1. The number of benzene rings is 2. The fourth-order valence-corrected chi connectivity index (χ4v) is 2.41. The lowest BCUT2D eigenvalue weighted by Gasteiger charge is -2.14. The van der Waals surface area contributed by atoms with E-state index in [0.29, 0.717) is 10.8 Å². The third kappa shape index (κ3) is 4.23. The number of aryl methyl sites for hydroxylation is 2. The van der Waals surface area contributed by atoms with Crippen molar-refractivity contribution in [1.82, 2.24) is 0 Å². The van der Waals surface area contributed by atoms with E-state index in [9.17, 15) is 0 Å². The maximum Gasteiger partial charge on any atom is 0.146 e. The first-order valence-corrected chi connectivity index (χ1v) is 7.66. The van der Waals surface area contributed by atoms with Crippen molar-refractivity contribution >= 4 is 11.6 Å². The molecule has 1 atom stereocenters. The third-order valence-electron chi connectivity index (χ3n) is 3.58. The van der Waals surface area contributed by atoms with Crippen molar-refractivity contribution in [1.29, 1.82) is 0 Å². The topological polar surface area (TPSA) is 35.2 Å². The molecule has 0 aliphatic heterocycles. The zero-order chi connectivity index (χ0) is 15.4.